The van der Waals surface area contributed by atoms with Gasteiger partial charge >= 0.3 is 11.9 Å². The Morgan fingerprint density at radius 2 is 1.51 bits per heavy atom. The molecule has 4 spiro atoms. The van der Waals surface area contributed by atoms with E-state index < -0.39 is 46.1 Å². The Morgan fingerprint density at radius 3 is 2.31 bits per heavy atom. The largest absolute Gasteiger partial charge is 0.462 e. The van der Waals surface area contributed by atoms with Crippen LogP contribution in [0.5, 0.6) is 0 Å². The van der Waals surface area contributed by atoms with Crippen molar-refractivity contribution in [2.24, 2.45) is 61.6 Å². The fraction of sp³-hybridized carbons (Fsp3) is 0.659. The van der Waals surface area contributed by atoms with Gasteiger partial charge in [0.05, 0.1) is 35.1 Å². The summed E-state index contributed by atoms with van der Waals surface area (Å²) in [5.41, 5.74) is 5.13. The lowest BCUT2D eigenvalue weighted by Crippen LogP contribution is -2.79. The smallest absolute Gasteiger partial charge is 0.331 e. The molecule has 0 amide bonds. The number of aliphatic hydroxyl groups is 3. The molecule has 16 rings (SSSR count). The lowest BCUT2D eigenvalue weighted by Gasteiger charge is -2.72. The van der Waals surface area contributed by atoms with Crippen molar-refractivity contribution in [1.29, 1.82) is 0 Å². The molecule has 7 nitrogen and oxygen atoms in total. The number of aliphatic hydroxyl groups excluding tert-OH is 2. The Bertz CT molecular complexity index is 3490. The van der Waals surface area contributed by atoms with E-state index in [-0.39, 0.29) is 59.5 Å². The van der Waals surface area contributed by atoms with Crippen LogP contribution in [0.25, 0.3) is 10.8 Å². The van der Waals surface area contributed by atoms with Crippen molar-refractivity contribution in [1.82, 2.24) is 0 Å². The molecule has 2 aliphatic heterocycles. The van der Waals surface area contributed by atoms with E-state index in [4.69, 9.17) is 9.47 Å². The number of aryl methyl sites for hydroxylation is 1. The number of cyclic esters (lactones) is 1. The second-order valence-electron chi connectivity index (χ2n) is 33.4. The number of carbonyl (C=O) groups is 2. The third-order valence-electron chi connectivity index (χ3n) is 30.0. The van der Waals surface area contributed by atoms with Crippen molar-refractivity contribution >= 4 is 22.7 Å². The number of hydrogen-bond donors (Lipinski definition) is 3. The fourth-order valence-corrected chi connectivity index (χ4v) is 26.5. The van der Waals surface area contributed by atoms with Crippen LogP contribution in [-0.4, -0.2) is 57.8 Å². The van der Waals surface area contributed by atoms with Crippen LogP contribution < -0.4 is 0 Å². The van der Waals surface area contributed by atoms with Gasteiger partial charge in [-0.1, -0.05) is 149 Å². The summed E-state index contributed by atoms with van der Waals surface area (Å²) in [4.78, 5) is 27.3. The summed E-state index contributed by atoms with van der Waals surface area (Å²) in [5.74, 6) is 8.07. The molecule has 3 N–H and O–H groups in total. The predicted molar refractivity (Wildman–Crippen MR) is 351 cm³/mol. The molecule has 18 atom stereocenters. The van der Waals surface area contributed by atoms with E-state index in [1.165, 1.54) is 114 Å². The SMILES string of the molecule is CC(CCCc1ccccc1)CCC(O)C12C(O)CCC(C)(C3CCC45CC6(CCC7(CCCC78CCCC8)C6)C6CC7(c8ccccc8)CCCCC7c7ccc8cccc(c8c7C64)C5C3)C1C1CC(C)(C#CCCC(=O)O1)C2(O)CCC1=CC(=O)OC1. The minimum absolute atomic E-state index is 0.0648. The molecule has 2 bridgehead atoms. The Balaban J connectivity index is 0.841. The molecule has 0 saturated heterocycles. The van der Waals surface area contributed by atoms with E-state index in [2.05, 4.69) is 117 Å². The molecule has 7 heteroatoms. The highest BCUT2D eigenvalue weighted by Gasteiger charge is 2.79. The first kappa shape index (κ1) is 59.3. The van der Waals surface area contributed by atoms with Crippen LogP contribution in [0.2, 0.25) is 0 Å². The summed E-state index contributed by atoms with van der Waals surface area (Å²) in [6.45, 7) is 6.98. The summed E-state index contributed by atoms with van der Waals surface area (Å²) >= 11 is 0. The van der Waals surface area contributed by atoms with Crippen LogP contribution in [0.4, 0.5) is 0 Å². The van der Waals surface area contributed by atoms with Gasteiger partial charge in [0.1, 0.15) is 12.7 Å². The van der Waals surface area contributed by atoms with E-state index in [0.29, 0.717) is 73.0 Å². The van der Waals surface area contributed by atoms with Crippen LogP contribution >= 0.6 is 0 Å². The van der Waals surface area contributed by atoms with Gasteiger partial charge in [0.15, 0.2) is 0 Å². The number of carbonyl (C=O) groups excluding carboxylic acids is 2. The summed E-state index contributed by atoms with van der Waals surface area (Å²) < 4.78 is 12.5. The highest BCUT2D eigenvalue weighted by atomic mass is 16.5. The van der Waals surface area contributed by atoms with Crippen LogP contribution in [0.1, 0.15) is 259 Å². The highest BCUT2D eigenvalue weighted by Crippen LogP contribution is 2.84. The lowest BCUT2D eigenvalue weighted by molar-refractivity contribution is -0.339. The molecule has 4 aromatic carbocycles. The minimum Gasteiger partial charge on any atom is -0.462 e. The van der Waals surface area contributed by atoms with E-state index >= 15 is 0 Å². The molecule has 4 aromatic rings. The lowest BCUT2D eigenvalue weighted by atomic mass is 9.34. The molecule has 8 saturated carbocycles. The molecule has 2 heterocycles. The van der Waals surface area contributed by atoms with Gasteiger partial charge in [0.2, 0.25) is 0 Å². The molecule has 472 valence electrons. The van der Waals surface area contributed by atoms with Crippen LogP contribution in [0.15, 0.2) is 103 Å². The third-order valence-corrected chi connectivity index (χ3v) is 30.0. The van der Waals surface area contributed by atoms with Gasteiger partial charge in [-0.05, 0) is 255 Å². The van der Waals surface area contributed by atoms with Crippen LogP contribution in [0, 0.1) is 73.4 Å². The second-order valence-corrected chi connectivity index (χ2v) is 33.4. The standard InChI is InChI=1S/C82H102O7/c1-54(19-16-22-55-20-6-4-7-21-55)29-32-66(83)82-67(84)35-42-75(3,73(82)65-50-74(2,36-12-11-28-68(85)89-65)81(82,87)44-33-56-47-69(86)88-51-56)59-34-43-80-53-76(45-46-78(52-76)40-18-39-77(78)37-14-15-38-77)64-49-79(58-24-8-5-9-25-58)41-13-10-27-62(79)61-31-30-57-23-17-26-60(63(80)48-59)70(57)71(61)72(64)80/h4-9,17,20-21,23-26,30-31,47,54,59,62-67,72-73,83-84,87H,10-11,13-16,18-19,22,27-29,32-35,37-46,48-53H2,1-3H3. The zero-order valence-corrected chi connectivity index (χ0v) is 54.1. The van der Waals surface area contributed by atoms with Crippen LogP contribution in [-0.2, 0) is 30.9 Å². The maximum atomic E-state index is 14.9. The van der Waals surface area contributed by atoms with Gasteiger partial charge in [0.25, 0.3) is 0 Å². The molecule has 12 aliphatic rings. The van der Waals surface area contributed by atoms with Crippen molar-refractivity contribution < 1.29 is 34.4 Å². The zero-order valence-electron chi connectivity index (χ0n) is 54.1. The normalized spacial score (nSPS) is 41.9. The maximum Gasteiger partial charge on any atom is 0.331 e. The molecule has 8 fully saturated rings. The number of benzene rings is 4. The van der Waals surface area contributed by atoms with Crippen molar-refractivity contribution in [3.05, 3.63) is 130 Å². The maximum absolute atomic E-state index is 14.9. The highest BCUT2D eigenvalue weighted by molar-refractivity contribution is 5.93. The van der Waals surface area contributed by atoms with Gasteiger partial charge in [-0.15, -0.1) is 5.92 Å². The Labute approximate surface area is 531 Å². The van der Waals surface area contributed by atoms with Gasteiger partial charge in [-0.2, -0.15) is 0 Å². The number of fused-ring (bicyclic) bond motifs is 9. The van der Waals surface area contributed by atoms with Gasteiger partial charge in [-0.25, -0.2) is 4.79 Å². The minimum atomic E-state index is -1.75. The number of esters is 2. The van der Waals surface area contributed by atoms with E-state index in [9.17, 15) is 24.9 Å². The molecule has 10 aliphatic carbocycles. The summed E-state index contributed by atoms with van der Waals surface area (Å²) in [6, 6.07) is 35.4. The first-order valence-electron chi connectivity index (χ1n) is 36.3. The zero-order chi connectivity index (χ0) is 60.8. The number of rotatable bonds is 13. The first-order chi connectivity index (χ1) is 43.1. The number of ether oxygens (including phenoxy) is 2. The molecule has 18 unspecified atom stereocenters. The van der Waals surface area contributed by atoms with E-state index in [1.54, 1.807) is 33.7 Å². The second kappa shape index (κ2) is 21.7. The van der Waals surface area contributed by atoms with Crippen molar-refractivity contribution in [2.45, 2.75) is 267 Å². The fourth-order valence-electron chi connectivity index (χ4n) is 26.5. The average Bonchev–Trinajstić information content (AvgIpc) is 1.58. The molecular weight excluding hydrogens is 1100 g/mol. The van der Waals surface area contributed by atoms with Crippen molar-refractivity contribution in [3.63, 3.8) is 0 Å². The molecule has 0 aromatic heterocycles. The molecule has 89 heavy (non-hydrogen) atoms. The van der Waals surface area contributed by atoms with Gasteiger partial charge in [0, 0.05) is 30.3 Å². The summed E-state index contributed by atoms with van der Waals surface area (Å²) in [6.07, 6.45) is 30.3. The van der Waals surface area contributed by atoms with Gasteiger partial charge < -0.3 is 24.8 Å². The third kappa shape index (κ3) is 8.57. The van der Waals surface area contributed by atoms with Crippen LogP contribution in [0.3, 0.4) is 0 Å². The average molecular weight is 1200 g/mol. The van der Waals surface area contributed by atoms with Gasteiger partial charge in [-0.3, -0.25) is 4.79 Å². The quantitative estimate of drug-likeness (QED) is 0.0903. The molecule has 0 radical (unpaired) electrons. The number of hydrogen-bond acceptors (Lipinski definition) is 7. The van der Waals surface area contributed by atoms with Crippen molar-refractivity contribution in [2.75, 3.05) is 6.61 Å². The summed E-state index contributed by atoms with van der Waals surface area (Å²) in [5, 5.41) is 45.6. The van der Waals surface area contributed by atoms with E-state index in [0.717, 1.165) is 50.5 Å². The van der Waals surface area contributed by atoms with Crippen molar-refractivity contribution in [3.8, 4) is 11.8 Å². The first-order valence-corrected chi connectivity index (χ1v) is 36.3. The monoisotopic (exact) mass is 1200 g/mol. The Morgan fingerprint density at radius 1 is 0.719 bits per heavy atom. The predicted octanol–water partition coefficient (Wildman–Crippen LogP) is 17.4. The Hall–Kier alpha value is -4.74. The summed E-state index contributed by atoms with van der Waals surface area (Å²) in [7, 11) is 0. The van der Waals surface area contributed by atoms with E-state index in [1.807, 2.05) is 6.92 Å². The Kier molecular flexibility index (Phi) is 14.4. The topological polar surface area (TPSA) is 113 Å². The molecular formula is C82H102O7.